The fourth-order valence-corrected chi connectivity index (χ4v) is 5.96. The number of aryl methyl sites for hydroxylation is 1. The largest absolute Gasteiger partial charge is 0.357 e. The van der Waals surface area contributed by atoms with Gasteiger partial charge in [0, 0.05) is 18.3 Å². The van der Waals surface area contributed by atoms with Crippen molar-refractivity contribution in [1.82, 2.24) is 10.2 Å². The number of carbonyl (C=O) groups excluding carboxylic acids is 1. The number of aromatic nitrogens is 2. The van der Waals surface area contributed by atoms with Crippen molar-refractivity contribution in [3.63, 3.8) is 0 Å². The minimum absolute atomic E-state index is 0.157. The van der Waals surface area contributed by atoms with Gasteiger partial charge >= 0.3 is 0 Å². The van der Waals surface area contributed by atoms with Crippen LogP contribution >= 0.6 is 23.1 Å². The summed E-state index contributed by atoms with van der Waals surface area (Å²) in [6.07, 6.45) is 8.43. The maximum absolute atomic E-state index is 13.0. The zero-order valence-corrected chi connectivity index (χ0v) is 17.3. The van der Waals surface area contributed by atoms with E-state index in [0.29, 0.717) is 6.04 Å². The van der Waals surface area contributed by atoms with Gasteiger partial charge < -0.3 is 10.2 Å². The second kappa shape index (κ2) is 8.61. The van der Waals surface area contributed by atoms with Crippen LogP contribution in [0, 0.1) is 0 Å². The summed E-state index contributed by atoms with van der Waals surface area (Å²) >= 11 is 3.08. The number of thioether (sulfide) groups is 1. The lowest BCUT2D eigenvalue weighted by Gasteiger charge is -2.31. The van der Waals surface area contributed by atoms with Crippen molar-refractivity contribution in [1.29, 1.82) is 0 Å². The molecule has 0 bridgehead atoms. The van der Waals surface area contributed by atoms with Gasteiger partial charge in [-0.15, -0.1) is 10.2 Å². The molecule has 5 nitrogen and oxygen atoms in total. The summed E-state index contributed by atoms with van der Waals surface area (Å²) in [7, 11) is 0. The molecule has 1 N–H and O–H groups in total. The second-order valence-electron chi connectivity index (χ2n) is 7.33. The molecule has 4 rings (SSSR count). The van der Waals surface area contributed by atoms with E-state index < -0.39 is 0 Å². The van der Waals surface area contributed by atoms with Crippen LogP contribution in [0.3, 0.4) is 0 Å². The van der Waals surface area contributed by atoms with Crippen LogP contribution in [0.15, 0.2) is 28.6 Å². The average molecular weight is 403 g/mol. The number of fused-ring (bicyclic) bond motifs is 1. The third-order valence-corrected chi connectivity index (χ3v) is 7.37. The molecule has 2 aromatic rings. The Morgan fingerprint density at radius 1 is 1.22 bits per heavy atom. The van der Waals surface area contributed by atoms with Gasteiger partial charge in [0.1, 0.15) is 0 Å². The Kier molecular flexibility index (Phi) is 5.98. The van der Waals surface area contributed by atoms with E-state index in [0.717, 1.165) is 34.5 Å². The zero-order valence-electron chi connectivity index (χ0n) is 15.7. The summed E-state index contributed by atoms with van der Waals surface area (Å²) in [6, 6.07) is 8.76. The van der Waals surface area contributed by atoms with E-state index in [-0.39, 0.29) is 11.2 Å². The smallest absolute Gasteiger partial charge is 0.240 e. The molecule has 7 heteroatoms. The van der Waals surface area contributed by atoms with Gasteiger partial charge in [-0.2, -0.15) is 0 Å². The molecule has 2 heterocycles. The van der Waals surface area contributed by atoms with E-state index in [1.165, 1.54) is 49.4 Å². The Morgan fingerprint density at radius 3 is 2.89 bits per heavy atom. The molecule has 2 aliphatic rings. The number of amides is 1. The van der Waals surface area contributed by atoms with Crippen LogP contribution in [0.1, 0.15) is 51.0 Å². The van der Waals surface area contributed by atoms with Gasteiger partial charge in [-0.25, -0.2) is 0 Å². The highest BCUT2D eigenvalue weighted by Gasteiger charge is 2.27. The molecule has 1 aromatic carbocycles. The molecule has 0 spiro atoms. The number of para-hydroxylation sites is 1. The standard InChI is InChI=1S/C20H26N4OS2/c1-14(18(25)24-13-7-9-15-8-5-6-12-17(15)24)26-20-23-22-19(27-20)21-16-10-3-2-4-11-16/h5-6,8,12,14,16H,2-4,7,9-11,13H2,1H3,(H,21,22)/t14-/m1/s1. The Balaban J connectivity index is 1.38. The quantitative estimate of drug-likeness (QED) is 0.732. The predicted octanol–water partition coefficient (Wildman–Crippen LogP) is 4.74. The summed E-state index contributed by atoms with van der Waals surface area (Å²) in [5.41, 5.74) is 2.34. The molecule has 1 aliphatic heterocycles. The lowest BCUT2D eigenvalue weighted by molar-refractivity contribution is -0.117. The predicted molar refractivity (Wildman–Crippen MR) is 113 cm³/mol. The van der Waals surface area contributed by atoms with E-state index in [2.05, 4.69) is 27.6 Å². The molecule has 0 saturated heterocycles. The minimum Gasteiger partial charge on any atom is -0.357 e. The molecular weight excluding hydrogens is 376 g/mol. The third-order valence-electron chi connectivity index (χ3n) is 5.34. The van der Waals surface area contributed by atoms with Crippen LogP contribution in [0.25, 0.3) is 0 Å². The number of anilines is 2. The topological polar surface area (TPSA) is 58.1 Å². The van der Waals surface area contributed by atoms with Crippen molar-refractivity contribution in [2.24, 2.45) is 0 Å². The molecule has 1 amide bonds. The molecule has 1 aliphatic carbocycles. The van der Waals surface area contributed by atoms with Crippen molar-refractivity contribution >= 4 is 39.8 Å². The number of nitrogens with one attached hydrogen (secondary N) is 1. The van der Waals surface area contributed by atoms with Crippen LogP contribution in [-0.4, -0.2) is 33.9 Å². The first kappa shape index (κ1) is 18.7. The first-order chi connectivity index (χ1) is 13.2. The van der Waals surface area contributed by atoms with Crippen molar-refractivity contribution < 1.29 is 4.79 Å². The molecule has 1 saturated carbocycles. The molecular formula is C20H26N4OS2. The normalized spacial score (nSPS) is 18.8. The molecule has 0 radical (unpaired) electrons. The molecule has 0 unspecified atom stereocenters. The summed E-state index contributed by atoms with van der Waals surface area (Å²) in [5, 5.41) is 12.8. The molecule has 1 fully saturated rings. The van der Waals surface area contributed by atoms with Crippen molar-refractivity contribution in [2.45, 2.75) is 67.5 Å². The summed E-state index contributed by atoms with van der Waals surface area (Å²) in [4.78, 5) is 15.0. The lowest BCUT2D eigenvalue weighted by atomic mass is 9.96. The monoisotopic (exact) mass is 402 g/mol. The van der Waals surface area contributed by atoms with Gasteiger partial charge in [0.05, 0.1) is 5.25 Å². The zero-order chi connectivity index (χ0) is 18.6. The van der Waals surface area contributed by atoms with Crippen LogP contribution in [0.5, 0.6) is 0 Å². The van der Waals surface area contributed by atoms with Crippen molar-refractivity contribution in [3.05, 3.63) is 29.8 Å². The summed E-state index contributed by atoms with van der Waals surface area (Å²) in [5.74, 6) is 0.157. The highest BCUT2D eigenvalue weighted by atomic mass is 32.2. The number of nitrogens with zero attached hydrogens (tertiary/aromatic N) is 3. The number of hydrogen-bond acceptors (Lipinski definition) is 6. The maximum Gasteiger partial charge on any atom is 0.240 e. The molecule has 1 atom stereocenters. The van der Waals surface area contributed by atoms with Crippen molar-refractivity contribution in [3.8, 4) is 0 Å². The van der Waals surface area contributed by atoms with E-state index >= 15 is 0 Å². The summed E-state index contributed by atoms with van der Waals surface area (Å²) < 4.78 is 0.861. The van der Waals surface area contributed by atoms with E-state index in [1.54, 1.807) is 11.3 Å². The van der Waals surface area contributed by atoms with Gasteiger partial charge in [0.2, 0.25) is 11.0 Å². The van der Waals surface area contributed by atoms with Gasteiger partial charge in [-0.05, 0) is 44.2 Å². The SMILES string of the molecule is C[C@@H](Sc1nnc(NC2CCCCC2)s1)C(=O)N1CCCc2ccccc21. The van der Waals surface area contributed by atoms with Crippen LogP contribution in [-0.2, 0) is 11.2 Å². The first-order valence-electron chi connectivity index (χ1n) is 9.86. The number of carbonyl (C=O) groups is 1. The Labute approximate surface area is 168 Å². The van der Waals surface area contributed by atoms with E-state index in [9.17, 15) is 4.79 Å². The van der Waals surface area contributed by atoms with Gasteiger partial charge in [-0.3, -0.25) is 4.79 Å². The lowest BCUT2D eigenvalue weighted by Crippen LogP contribution is -2.40. The number of hydrogen-bond donors (Lipinski definition) is 1. The van der Waals surface area contributed by atoms with Crippen LogP contribution in [0.2, 0.25) is 0 Å². The molecule has 27 heavy (non-hydrogen) atoms. The first-order valence-corrected chi connectivity index (χ1v) is 11.6. The highest BCUT2D eigenvalue weighted by Crippen LogP contribution is 2.33. The fraction of sp³-hybridized carbons (Fsp3) is 0.550. The van der Waals surface area contributed by atoms with Crippen molar-refractivity contribution in [2.75, 3.05) is 16.8 Å². The van der Waals surface area contributed by atoms with Gasteiger partial charge in [0.15, 0.2) is 4.34 Å². The summed E-state index contributed by atoms with van der Waals surface area (Å²) in [6.45, 7) is 2.77. The van der Waals surface area contributed by atoms with Crippen LogP contribution < -0.4 is 10.2 Å². The average Bonchev–Trinajstić information content (AvgIpc) is 3.14. The fourth-order valence-electron chi connectivity index (χ4n) is 3.92. The Morgan fingerprint density at radius 2 is 2.04 bits per heavy atom. The molecule has 144 valence electrons. The van der Waals surface area contributed by atoms with E-state index in [4.69, 9.17) is 0 Å². The minimum atomic E-state index is -0.174. The number of rotatable bonds is 5. The number of benzene rings is 1. The highest BCUT2D eigenvalue weighted by molar-refractivity contribution is 8.02. The van der Waals surface area contributed by atoms with E-state index in [1.807, 2.05) is 24.0 Å². The van der Waals surface area contributed by atoms with Crippen LogP contribution in [0.4, 0.5) is 10.8 Å². The molecule has 1 aromatic heterocycles. The third kappa shape index (κ3) is 4.46. The maximum atomic E-state index is 13.0. The Hall–Kier alpha value is -1.60. The van der Waals surface area contributed by atoms with Gasteiger partial charge in [-0.1, -0.05) is 60.6 Å². The Bertz CT molecular complexity index is 788. The second-order valence-corrected chi connectivity index (χ2v) is 9.90. The van der Waals surface area contributed by atoms with Gasteiger partial charge in [0.25, 0.3) is 0 Å².